The van der Waals surface area contributed by atoms with Gasteiger partial charge in [-0.25, -0.2) is 9.97 Å². The first-order chi connectivity index (χ1) is 15.7. The third kappa shape index (κ3) is 3.84. The number of pyridine rings is 3. The lowest BCUT2D eigenvalue weighted by atomic mass is 10.1. The number of nitrogens with one attached hydrogen (secondary N) is 1. The standard InChI is InChI=1S/C19H19N5O2/c25-19(13-24-6-8-26-9-7-24)23-18-10-17-15(12-21-18)3-4-16(22-17)14-2-1-5-20-11-14/h1-5,10-12H,6-9,13H2,(H,21,23,25)/i6D2,7D2,8D2,9D2. The van der Waals surface area contributed by atoms with Crippen molar-refractivity contribution >= 4 is 22.6 Å². The summed E-state index contributed by atoms with van der Waals surface area (Å²) in [6.45, 7) is -13.8. The molecule has 1 amide bonds. The van der Waals surface area contributed by atoms with E-state index < -0.39 is 38.6 Å². The molecule has 3 aromatic rings. The molecule has 7 heteroatoms. The largest absolute Gasteiger partial charge is 0.379 e. The second kappa shape index (κ2) is 7.55. The van der Waals surface area contributed by atoms with Crippen LogP contribution in [0, 0.1) is 0 Å². The summed E-state index contributed by atoms with van der Waals surface area (Å²) in [4.78, 5) is 25.5. The number of ether oxygens (including phenoxy) is 1. The molecular formula is C19H19N5O2. The molecule has 132 valence electrons. The number of hydrogen-bond donors (Lipinski definition) is 1. The molecular weight excluding hydrogens is 330 g/mol. The Balaban J connectivity index is 1.59. The van der Waals surface area contributed by atoms with Gasteiger partial charge in [-0.15, -0.1) is 0 Å². The highest BCUT2D eigenvalue weighted by Crippen LogP contribution is 2.21. The lowest BCUT2D eigenvalue weighted by Crippen LogP contribution is -2.41. The first kappa shape index (κ1) is 9.70. The van der Waals surface area contributed by atoms with E-state index in [0.717, 1.165) is 5.56 Å². The summed E-state index contributed by atoms with van der Waals surface area (Å²) in [7, 11) is 0. The van der Waals surface area contributed by atoms with Gasteiger partial charge in [0, 0.05) is 54.1 Å². The average Bonchev–Trinajstić information content (AvgIpc) is 2.75. The third-order valence-corrected chi connectivity index (χ3v) is 3.56. The van der Waals surface area contributed by atoms with Gasteiger partial charge in [-0.3, -0.25) is 14.7 Å². The Hall–Kier alpha value is -2.90. The van der Waals surface area contributed by atoms with Crippen LogP contribution in [-0.2, 0) is 9.53 Å². The van der Waals surface area contributed by atoms with Crippen LogP contribution >= 0.6 is 0 Å². The van der Waals surface area contributed by atoms with E-state index in [2.05, 4.69) is 25.0 Å². The zero-order chi connectivity index (χ0) is 24.9. The number of nitrogens with zero attached hydrogens (tertiary/aromatic N) is 4. The molecule has 7 nitrogen and oxygen atoms in total. The Morgan fingerprint density at radius 2 is 2.15 bits per heavy atom. The van der Waals surface area contributed by atoms with Crippen molar-refractivity contribution in [2.75, 3.05) is 38.0 Å². The van der Waals surface area contributed by atoms with E-state index in [4.69, 9.17) is 11.0 Å². The highest BCUT2D eigenvalue weighted by atomic mass is 16.5. The zero-order valence-electron chi connectivity index (χ0n) is 21.4. The topological polar surface area (TPSA) is 80.2 Å². The van der Waals surface area contributed by atoms with Gasteiger partial charge in [-0.2, -0.15) is 0 Å². The molecule has 0 aromatic carbocycles. The molecule has 4 heterocycles. The lowest BCUT2D eigenvalue weighted by molar-refractivity contribution is -0.118. The molecule has 0 radical (unpaired) electrons. The predicted octanol–water partition coefficient (Wildman–Crippen LogP) is 1.96. The minimum atomic E-state index is -3.23. The van der Waals surface area contributed by atoms with Crippen LogP contribution in [0.25, 0.3) is 22.2 Å². The number of morpholine rings is 1. The van der Waals surface area contributed by atoms with E-state index in [0.29, 0.717) is 16.6 Å². The summed E-state index contributed by atoms with van der Waals surface area (Å²) in [6.07, 6.45) is 4.76. The van der Waals surface area contributed by atoms with Crippen molar-refractivity contribution in [2.45, 2.75) is 0 Å². The van der Waals surface area contributed by atoms with Crippen LogP contribution in [0.1, 0.15) is 11.0 Å². The fraction of sp³-hybridized carbons (Fsp3) is 0.263. The van der Waals surface area contributed by atoms with Crippen molar-refractivity contribution in [3.05, 3.63) is 48.9 Å². The third-order valence-electron chi connectivity index (χ3n) is 3.56. The van der Waals surface area contributed by atoms with Gasteiger partial charge >= 0.3 is 0 Å². The Kier molecular flexibility index (Phi) is 2.82. The van der Waals surface area contributed by atoms with E-state index in [9.17, 15) is 4.79 Å². The van der Waals surface area contributed by atoms with Gasteiger partial charge in [0.1, 0.15) is 5.82 Å². The number of carbonyl (C=O) groups excluding carboxylic acids is 1. The van der Waals surface area contributed by atoms with Gasteiger partial charge in [0.15, 0.2) is 0 Å². The quantitative estimate of drug-likeness (QED) is 0.769. The second-order valence-corrected chi connectivity index (χ2v) is 5.36. The van der Waals surface area contributed by atoms with Gasteiger partial charge in [-0.05, 0) is 24.3 Å². The molecule has 26 heavy (non-hydrogen) atoms. The predicted molar refractivity (Wildman–Crippen MR) is 98.7 cm³/mol. The highest BCUT2D eigenvalue weighted by molar-refractivity contribution is 5.93. The molecule has 0 atom stereocenters. The van der Waals surface area contributed by atoms with Crippen LogP contribution in [0.15, 0.2) is 48.9 Å². The van der Waals surface area contributed by atoms with Crippen LogP contribution in [0.5, 0.6) is 0 Å². The van der Waals surface area contributed by atoms with Gasteiger partial charge in [0.05, 0.1) is 36.4 Å². The molecule has 1 saturated heterocycles. The normalized spacial score (nSPS) is 27.4. The summed E-state index contributed by atoms with van der Waals surface area (Å²) in [5.41, 5.74) is 1.92. The van der Waals surface area contributed by atoms with Crippen LogP contribution in [0.2, 0.25) is 0 Å². The molecule has 1 aliphatic heterocycles. The second-order valence-electron chi connectivity index (χ2n) is 5.36. The number of anilines is 1. The van der Waals surface area contributed by atoms with Crippen molar-refractivity contribution in [1.29, 1.82) is 0 Å². The zero-order valence-corrected chi connectivity index (χ0v) is 13.4. The number of aromatic nitrogens is 3. The molecule has 1 N–H and O–H groups in total. The van der Waals surface area contributed by atoms with Crippen molar-refractivity contribution in [1.82, 2.24) is 19.9 Å². The fourth-order valence-corrected chi connectivity index (χ4v) is 2.37. The number of fused-ring (bicyclic) bond motifs is 1. The van der Waals surface area contributed by atoms with Crippen molar-refractivity contribution in [2.24, 2.45) is 0 Å². The van der Waals surface area contributed by atoms with E-state index in [1.54, 1.807) is 30.6 Å². The van der Waals surface area contributed by atoms with Gasteiger partial charge in [0.25, 0.3) is 0 Å². The van der Waals surface area contributed by atoms with Gasteiger partial charge in [0.2, 0.25) is 5.91 Å². The van der Waals surface area contributed by atoms with Crippen molar-refractivity contribution in [3.8, 4) is 11.3 Å². The van der Waals surface area contributed by atoms with Crippen LogP contribution in [0.4, 0.5) is 5.82 Å². The van der Waals surface area contributed by atoms with E-state index in [-0.39, 0.29) is 10.7 Å². The summed E-state index contributed by atoms with van der Waals surface area (Å²) < 4.78 is 67.2. The fourth-order valence-electron chi connectivity index (χ4n) is 2.37. The van der Waals surface area contributed by atoms with Crippen LogP contribution < -0.4 is 5.32 Å². The molecule has 0 aliphatic carbocycles. The Morgan fingerprint density at radius 3 is 2.96 bits per heavy atom. The van der Waals surface area contributed by atoms with Gasteiger partial charge in [-0.1, -0.05) is 0 Å². The SMILES string of the molecule is [2H]C1([2H])OC([2H])([2H])C([2H])([2H])N(CC(=O)Nc2cc3nc(-c4cccnc4)ccc3cn2)C1([2H])[2H]. The maximum atomic E-state index is 12.7. The number of carbonyl (C=O) groups is 1. The molecule has 3 aromatic heterocycles. The first-order valence-electron chi connectivity index (χ1n) is 11.7. The number of amides is 1. The summed E-state index contributed by atoms with van der Waals surface area (Å²) in [5, 5.41) is 3.10. The average molecular weight is 357 g/mol. The van der Waals surface area contributed by atoms with Crippen molar-refractivity contribution < 1.29 is 20.5 Å². The Morgan fingerprint density at radius 1 is 1.27 bits per heavy atom. The maximum absolute atomic E-state index is 12.7. The number of rotatable bonds is 4. The number of hydrogen-bond acceptors (Lipinski definition) is 6. The highest BCUT2D eigenvalue weighted by Gasteiger charge is 2.14. The molecule has 1 aliphatic rings. The van der Waals surface area contributed by atoms with Crippen LogP contribution in [0.3, 0.4) is 0 Å². The van der Waals surface area contributed by atoms with Crippen molar-refractivity contribution in [3.63, 3.8) is 0 Å². The minimum absolute atomic E-state index is 0.0498. The minimum Gasteiger partial charge on any atom is -0.379 e. The maximum Gasteiger partial charge on any atom is 0.239 e. The molecule has 4 rings (SSSR count). The summed E-state index contributed by atoms with van der Waals surface area (Å²) in [5.74, 6) is -0.884. The van der Waals surface area contributed by atoms with Crippen LogP contribution in [-0.4, -0.2) is 58.4 Å². The summed E-state index contributed by atoms with van der Waals surface area (Å²) >= 11 is 0. The molecule has 0 unspecified atom stereocenters. The summed E-state index contributed by atoms with van der Waals surface area (Å²) in [6, 6.07) is 8.68. The Labute approximate surface area is 162 Å². The Bertz CT molecular complexity index is 1220. The first-order valence-corrected chi connectivity index (χ1v) is 7.70. The lowest BCUT2D eigenvalue weighted by Gasteiger charge is -2.25. The molecule has 0 spiro atoms. The molecule has 1 fully saturated rings. The monoisotopic (exact) mass is 357 g/mol. The molecule has 0 bridgehead atoms. The molecule has 0 saturated carbocycles. The van der Waals surface area contributed by atoms with E-state index in [1.807, 2.05) is 6.07 Å². The van der Waals surface area contributed by atoms with Gasteiger partial charge < -0.3 is 10.1 Å². The van der Waals surface area contributed by atoms with E-state index >= 15 is 0 Å². The smallest absolute Gasteiger partial charge is 0.239 e. The van der Waals surface area contributed by atoms with E-state index in [1.165, 1.54) is 12.3 Å².